The average molecular weight is 304 g/mol. The number of hydrogen-bond acceptors (Lipinski definition) is 2. The normalized spacial score (nSPS) is 22.8. The van der Waals surface area contributed by atoms with Gasteiger partial charge in [0.05, 0.1) is 6.54 Å². The van der Waals surface area contributed by atoms with Crippen LogP contribution in [0.1, 0.15) is 23.6 Å². The van der Waals surface area contributed by atoms with Crippen LogP contribution < -0.4 is 5.56 Å². The van der Waals surface area contributed by atoms with Crippen molar-refractivity contribution in [3.05, 3.63) is 70.1 Å². The first-order valence-corrected chi connectivity index (χ1v) is 8.25. The van der Waals surface area contributed by atoms with Crippen LogP contribution in [0.4, 0.5) is 0 Å². The van der Waals surface area contributed by atoms with Crippen LogP contribution >= 0.6 is 0 Å². The Balaban J connectivity index is 1.49. The Hall–Kier alpha value is -2.31. The first-order chi connectivity index (χ1) is 11.3. The highest BCUT2D eigenvalue weighted by Crippen LogP contribution is 2.34. The third-order valence-corrected chi connectivity index (χ3v) is 4.86. The second-order valence-corrected chi connectivity index (χ2v) is 6.56. The molecule has 0 aliphatic carbocycles. The smallest absolute Gasteiger partial charge is 0.250 e. The van der Waals surface area contributed by atoms with E-state index in [0.29, 0.717) is 11.8 Å². The van der Waals surface area contributed by atoms with Gasteiger partial charge in [0.2, 0.25) is 0 Å². The van der Waals surface area contributed by atoms with E-state index >= 15 is 0 Å². The van der Waals surface area contributed by atoms with Gasteiger partial charge in [-0.25, -0.2) is 0 Å². The molecule has 3 nitrogen and oxygen atoms in total. The molecule has 4 rings (SSSR count). The zero-order chi connectivity index (χ0) is 15.6. The first kappa shape index (κ1) is 14.3. The zero-order valence-electron chi connectivity index (χ0n) is 13.1. The van der Waals surface area contributed by atoms with Crippen molar-refractivity contribution in [1.82, 2.24) is 9.47 Å². The van der Waals surface area contributed by atoms with Crippen molar-refractivity contribution in [3.8, 4) is 11.8 Å². The van der Waals surface area contributed by atoms with Crippen LogP contribution in [-0.2, 0) is 6.54 Å². The molecule has 1 saturated heterocycles. The molecule has 116 valence electrons. The summed E-state index contributed by atoms with van der Waals surface area (Å²) in [5.41, 5.74) is 2.42. The highest BCUT2D eigenvalue weighted by molar-refractivity contribution is 5.33. The van der Waals surface area contributed by atoms with E-state index in [-0.39, 0.29) is 5.56 Å². The molecule has 0 radical (unpaired) electrons. The van der Waals surface area contributed by atoms with E-state index in [9.17, 15) is 4.79 Å². The highest BCUT2D eigenvalue weighted by atomic mass is 16.1. The molecule has 2 bridgehead atoms. The SMILES string of the molecule is O=c1cccc2n1C[C@@H]1C[C@H]2CN(CC#Cc2ccccc2)C1. The van der Waals surface area contributed by atoms with Crippen LogP contribution in [0.25, 0.3) is 0 Å². The quantitative estimate of drug-likeness (QED) is 0.756. The molecule has 0 unspecified atom stereocenters. The van der Waals surface area contributed by atoms with Crippen LogP contribution in [0.5, 0.6) is 0 Å². The Morgan fingerprint density at radius 3 is 2.74 bits per heavy atom. The summed E-state index contributed by atoms with van der Waals surface area (Å²) in [7, 11) is 0. The Kier molecular flexibility index (Phi) is 3.77. The molecule has 1 fully saturated rings. The van der Waals surface area contributed by atoms with Crippen molar-refractivity contribution in [2.45, 2.75) is 18.9 Å². The number of fused-ring (bicyclic) bond motifs is 4. The lowest BCUT2D eigenvalue weighted by molar-refractivity contribution is 0.133. The fourth-order valence-electron chi connectivity index (χ4n) is 3.90. The summed E-state index contributed by atoms with van der Waals surface area (Å²) >= 11 is 0. The monoisotopic (exact) mass is 304 g/mol. The van der Waals surface area contributed by atoms with Crippen molar-refractivity contribution >= 4 is 0 Å². The summed E-state index contributed by atoms with van der Waals surface area (Å²) in [6, 6.07) is 15.8. The minimum atomic E-state index is 0.148. The third kappa shape index (κ3) is 2.95. The lowest BCUT2D eigenvalue weighted by Crippen LogP contribution is -2.47. The third-order valence-electron chi connectivity index (χ3n) is 4.86. The number of rotatable bonds is 1. The molecular formula is C20H20N2O. The fraction of sp³-hybridized carbons (Fsp3) is 0.350. The Bertz CT molecular complexity index is 813. The number of benzene rings is 1. The van der Waals surface area contributed by atoms with Crippen molar-refractivity contribution in [1.29, 1.82) is 0 Å². The number of piperidine rings is 1. The van der Waals surface area contributed by atoms with Crippen LogP contribution in [0.2, 0.25) is 0 Å². The molecule has 0 amide bonds. The molecule has 3 heterocycles. The Morgan fingerprint density at radius 1 is 1.00 bits per heavy atom. The molecule has 2 atom stereocenters. The van der Waals surface area contributed by atoms with Gasteiger partial charge in [0.15, 0.2) is 0 Å². The van der Waals surface area contributed by atoms with Gasteiger partial charge in [0, 0.05) is 42.9 Å². The van der Waals surface area contributed by atoms with E-state index < -0.39 is 0 Å². The maximum atomic E-state index is 12.0. The van der Waals surface area contributed by atoms with Gasteiger partial charge < -0.3 is 4.57 Å². The number of pyridine rings is 1. The molecule has 0 N–H and O–H groups in total. The molecule has 0 saturated carbocycles. The van der Waals surface area contributed by atoms with Gasteiger partial charge in [0.25, 0.3) is 5.56 Å². The number of likely N-dealkylation sites (tertiary alicyclic amines) is 1. The lowest BCUT2D eigenvalue weighted by Gasteiger charge is -2.42. The molecular weight excluding hydrogens is 284 g/mol. The second-order valence-electron chi connectivity index (χ2n) is 6.56. The maximum absolute atomic E-state index is 12.0. The zero-order valence-corrected chi connectivity index (χ0v) is 13.1. The van der Waals surface area contributed by atoms with Crippen molar-refractivity contribution in [2.24, 2.45) is 5.92 Å². The fourth-order valence-corrected chi connectivity index (χ4v) is 3.90. The molecule has 0 spiro atoms. The van der Waals surface area contributed by atoms with Crippen molar-refractivity contribution in [3.63, 3.8) is 0 Å². The molecule has 2 aliphatic heterocycles. The summed E-state index contributed by atoms with van der Waals surface area (Å²) in [4.78, 5) is 14.5. The lowest BCUT2D eigenvalue weighted by atomic mass is 9.83. The van der Waals surface area contributed by atoms with Crippen LogP contribution in [0.3, 0.4) is 0 Å². The van der Waals surface area contributed by atoms with E-state index in [1.165, 1.54) is 12.1 Å². The van der Waals surface area contributed by atoms with Crippen LogP contribution in [0, 0.1) is 17.8 Å². The highest BCUT2D eigenvalue weighted by Gasteiger charge is 2.33. The van der Waals surface area contributed by atoms with Gasteiger partial charge in [-0.1, -0.05) is 36.1 Å². The molecule has 1 aromatic heterocycles. The minimum Gasteiger partial charge on any atom is -0.312 e. The molecule has 3 heteroatoms. The Labute approximate surface area is 136 Å². The van der Waals surface area contributed by atoms with Gasteiger partial charge in [-0.3, -0.25) is 9.69 Å². The summed E-state index contributed by atoms with van der Waals surface area (Å²) in [6.45, 7) is 3.71. The van der Waals surface area contributed by atoms with Gasteiger partial charge >= 0.3 is 0 Å². The minimum absolute atomic E-state index is 0.148. The van der Waals surface area contributed by atoms with E-state index in [1.54, 1.807) is 6.07 Å². The summed E-state index contributed by atoms with van der Waals surface area (Å²) in [6.07, 6.45) is 1.20. The molecule has 2 aromatic rings. The number of aromatic nitrogens is 1. The molecule has 2 aliphatic rings. The van der Waals surface area contributed by atoms with Gasteiger partial charge in [0.1, 0.15) is 0 Å². The first-order valence-electron chi connectivity index (χ1n) is 8.25. The van der Waals surface area contributed by atoms with Crippen LogP contribution in [-0.4, -0.2) is 29.1 Å². The maximum Gasteiger partial charge on any atom is 0.250 e. The van der Waals surface area contributed by atoms with Crippen molar-refractivity contribution < 1.29 is 0 Å². The largest absolute Gasteiger partial charge is 0.312 e. The molecule has 1 aromatic carbocycles. The average Bonchev–Trinajstić information content (AvgIpc) is 2.57. The summed E-state index contributed by atoms with van der Waals surface area (Å²) < 4.78 is 1.98. The predicted molar refractivity (Wildman–Crippen MR) is 91.3 cm³/mol. The van der Waals surface area contributed by atoms with Gasteiger partial charge in [-0.15, -0.1) is 0 Å². The standard InChI is InChI=1S/C20H20N2O/c23-20-10-4-9-19-18-12-17(14-22(19)20)13-21(15-18)11-5-8-16-6-2-1-3-7-16/h1-4,6-7,9-10,17-18H,11-15H2/t17-,18+/m1/s1. The number of nitrogens with zero attached hydrogens (tertiary/aromatic N) is 2. The second kappa shape index (κ2) is 6.06. The molecule has 23 heavy (non-hydrogen) atoms. The van der Waals surface area contributed by atoms with Gasteiger partial charge in [-0.2, -0.15) is 0 Å². The van der Waals surface area contributed by atoms with Crippen LogP contribution in [0.15, 0.2) is 53.3 Å². The Morgan fingerprint density at radius 2 is 1.87 bits per heavy atom. The van der Waals surface area contributed by atoms with E-state index in [2.05, 4.69) is 22.8 Å². The predicted octanol–water partition coefficient (Wildman–Crippen LogP) is 2.32. The van der Waals surface area contributed by atoms with E-state index in [0.717, 1.165) is 31.7 Å². The number of hydrogen-bond donors (Lipinski definition) is 0. The van der Waals surface area contributed by atoms with E-state index in [1.807, 2.05) is 41.0 Å². The van der Waals surface area contributed by atoms with Crippen molar-refractivity contribution in [2.75, 3.05) is 19.6 Å². The van der Waals surface area contributed by atoms with E-state index in [4.69, 9.17) is 0 Å². The van der Waals surface area contributed by atoms with Gasteiger partial charge in [-0.05, 0) is 30.5 Å². The summed E-state index contributed by atoms with van der Waals surface area (Å²) in [5, 5.41) is 0. The summed E-state index contributed by atoms with van der Waals surface area (Å²) in [5.74, 6) is 7.58. The topological polar surface area (TPSA) is 25.2 Å².